The number of carbonyl (C=O) groups is 4. The first-order chi connectivity index (χ1) is 41.0. The molecule has 2 aliphatic carbocycles. The Hall–Kier alpha value is -5.73. The highest BCUT2D eigenvalue weighted by molar-refractivity contribution is 7.87. The van der Waals surface area contributed by atoms with Crippen molar-refractivity contribution >= 4 is 70.6 Å². The van der Waals surface area contributed by atoms with Gasteiger partial charge >= 0.3 is 11.9 Å². The molecule has 15 atom stereocenters. The average molecular weight is 1290 g/mol. The zero-order valence-electron chi connectivity index (χ0n) is 47.0. The van der Waals surface area contributed by atoms with Gasteiger partial charge in [-0.1, -0.05) is 62.4 Å². The van der Waals surface area contributed by atoms with E-state index in [1.54, 1.807) is 25.1 Å². The van der Waals surface area contributed by atoms with Crippen LogP contribution in [0.1, 0.15) is 94.1 Å². The smallest absolute Gasteiger partial charge is 0.338 e. The maximum absolute atomic E-state index is 14.2. The second-order valence-electron chi connectivity index (χ2n) is 22.3. The molecule has 1 aromatic heterocycles. The summed E-state index contributed by atoms with van der Waals surface area (Å²) in [6.45, 7) is 2.26. The van der Waals surface area contributed by atoms with Gasteiger partial charge in [-0.2, -0.15) is 25.3 Å². The Morgan fingerprint density at radius 3 is 2.10 bits per heavy atom. The summed E-state index contributed by atoms with van der Waals surface area (Å²) in [5, 5.41) is 77.3. The van der Waals surface area contributed by atoms with Gasteiger partial charge in [-0.05, 0) is 92.6 Å². The molecule has 4 aromatic rings. The number of benzene rings is 3. The summed E-state index contributed by atoms with van der Waals surface area (Å²) in [6.07, 6.45) is -13.9. The molecular formula is C54H71N5O25S3. The van der Waals surface area contributed by atoms with Crippen LogP contribution >= 0.6 is 0 Å². The Kier molecular flexibility index (Phi) is 21.9. The summed E-state index contributed by atoms with van der Waals surface area (Å²) in [5.74, 6) is -5.10. The van der Waals surface area contributed by atoms with Gasteiger partial charge in [0.25, 0.3) is 30.4 Å². The van der Waals surface area contributed by atoms with E-state index < -0.39 is 190 Å². The number of hydrogen-bond acceptors (Lipinski definition) is 23. The van der Waals surface area contributed by atoms with E-state index in [0.29, 0.717) is 36.4 Å². The Morgan fingerprint density at radius 1 is 0.782 bits per heavy atom. The van der Waals surface area contributed by atoms with Crippen molar-refractivity contribution in [3.05, 3.63) is 72.1 Å². The third kappa shape index (κ3) is 16.8. The number of ether oxygens (including phenoxy) is 6. The highest BCUT2D eigenvalue weighted by Gasteiger charge is 2.54. The first kappa shape index (κ1) is 67.2. The Labute approximate surface area is 499 Å². The zero-order valence-corrected chi connectivity index (χ0v) is 49.5. The number of anilines is 1. The van der Waals surface area contributed by atoms with Crippen molar-refractivity contribution in [3.8, 4) is 0 Å². The van der Waals surface area contributed by atoms with Crippen molar-refractivity contribution in [1.29, 1.82) is 0 Å². The van der Waals surface area contributed by atoms with Crippen molar-refractivity contribution in [1.82, 2.24) is 20.3 Å². The Balaban J connectivity index is 0.958. The van der Waals surface area contributed by atoms with E-state index in [-0.39, 0.29) is 50.3 Å². The highest BCUT2D eigenvalue weighted by atomic mass is 32.2. The van der Waals surface area contributed by atoms with E-state index in [2.05, 4.69) is 20.9 Å². The number of aromatic nitrogens is 3. The number of esters is 1. The molecule has 4 fully saturated rings. The molecular weight excluding hydrogens is 1210 g/mol. The van der Waals surface area contributed by atoms with Gasteiger partial charge in [0.1, 0.15) is 41.5 Å². The fourth-order valence-corrected chi connectivity index (χ4v) is 13.4. The normalized spacial score (nSPS) is 28.8. The van der Waals surface area contributed by atoms with E-state index in [1.807, 2.05) is 0 Å². The lowest BCUT2D eigenvalue weighted by Crippen LogP contribution is -2.64. The zero-order chi connectivity index (χ0) is 63.3. The molecule has 87 heavy (non-hydrogen) atoms. The van der Waals surface area contributed by atoms with Crippen molar-refractivity contribution in [2.75, 3.05) is 18.5 Å². The van der Waals surface area contributed by atoms with E-state index in [9.17, 15) is 88.7 Å². The summed E-state index contributed by atoms with van der Waals surface area (Å²) in [7, 11) is -15.5. The maximum atomic E-state index is 14.2. The van der Waals surface area contributed by atoms with Crippen LogP contribution in [0.15, 0.2) is 75.5 Å². The largest absolute Gasteiger partial charge is 0.479 e. The molecule has 480 valence electrons. The fourth-order valence-electron chi connectivity index (χ4n) is 11.4. The molecule has 2 saturated carbocycles. The summed E-state index contributed by atoms with van der Waals surface area (Å²) in [5.41, 5.74) is -0.102. The summed E-state index contributed by atoms with van der Waals surface area (Å²) >= 11 is 0. The minimum absolute atomic E-state index is 0.0263. The van der Waals surface area contributed by atoms with Crippen LogP contribution in [-0.4, -0.2) is 201 Å². The van der Waals surface area contributed by atoms with Crippen molar-refractivity contribution in [3.63, 3.8) is 0 Å². The lowest BCUT2D eigenvalue weighted by atomic mass is 9.77. The molecule has 3 aromatic carbocycles. The highest BCUT2D eigenvalue weighted by Crippen LogP contribution is 2.40. The van der Waals surface area contributed by atoms with E-state index in [1.165, 1.54) is 29.9 Å². The molecule has 2 amide bonds. The molecule has 0 bridgehead atoms. The van der Waals surface area contributed by atoms with Crippen LogP contribution in [0.3, 0.4) is 0 Å². The molecule has 2 saturated heterocycles. The molecule has 11 N–H and O–H groups in total. The molecule has 14 unspecified atom stereocenters. The predicted molar refractivity (Wildman–Crippen MR) is 297 cm³/mol. The first-order valence-corrected chi connectivity index (χ1v) is 32.4. The van der Waals surface area contributed by atoms with Crippen LogP contribution in [-0.2, 0) is 86.1 Å². The first-order valence-electron chi connectivity index (χ1n) is 28.1. The van der Waals surface area contributed by atoms with Crippen molar-refractivity contribution < 1.29 is 117 Å². The second-order valence-corrected chi connectivity index (χ2v) is 26.5. The van der Waals surface area contributed by atoms with E-state index in [4.69, 9.17) is 28.4 Å². The molecule has 2 aliphatic heterocycles. The van der Waals surface area contributed by atoms with Crippen LogP contribution in [0.4, 0.5) is 5.69 Å². The number of nitrogens with zero attached hydrogens (tertiary/aromatic N) is 3. The number of fused-ring (bicyclic) bond motifs is 1. The number of carboxylic acids is 1. The van der Waals surface area contributed by atoms with Crippen LogP contribution < -0.4 is 10.6 Å². The lowest BCUT2D eigenvalue weighted by Gasteiger charge is -2.48. The van der Waals surface area contributed by atoms with Crippen molar-refractivity contribution in [2.24, 2.45) is 17.8 Å². The third-order valence-electron chi connectivity index (χ3n) is 16.0. The molecule has 8 rings (SSSR count). The maximum Gasteiger partial charge on any atom is 0.338 e. The van der Waals surface area contributed by atoms with Gasteiger partial charge < -0.3 is 69.7 Å². The number of hydrogen-bond donors (Lipinski definition) is 11. The van der Waals surface area contributed by atoms with Crippen LogP contribution in [0.2, 0.25) is 0 Å². The predicted octanol–water partition coefficient (Wildman–Crippen LogP) is 1.01. The van der Waals surface area contributed by atoms with Gasteiger partial charge in [-0.25, -0.2) is 9.59 Å². The van der Waals surface area contributed by atoms with E-state index >= 15 is 0 Å². The SMILES string of the molecule is CC1CC(C(=O)NCCCc2cn(CCC(=O)Nc3cc(S(=O)(=O)O)cc4cc(S(=O)(=O)O)cc(S(=O)(=O)O)c34)nn2)CC(OC2OC(CO)C(O)C(O[C@@H](CC3CCCCC3)C(=O)O)C2OC(=O)c2ccccc2)C1OC1OC(C)C(O)C(O)C1O. The van der Waals surface area contributed by atoms with E-state index in [0.717, 1.165) is 32.1 Å². The van der Waals surface area contributed by atoms with Gasteiger partial charge in [-0.3, -0.25) is 27.9 Å². The molecule has 33 heteroatoms. The summed E-state index contributed by atoms with van der Waals surface area (Å²) < 4.78 is 141. The fraction of sp³-hybridized carbons (Fsp3) is 0.593. The van der Waals surface area contributed by atoms with Gasteiger partial charge in [0.05, 0.1) is 58.2 Å². The third-order valence-corrected chi connectivity index (χ3v) is 18.5. The lowest BCUT2D eigenvalue weighted by molar-refractivity contribution is -0.349. The van der Waals surface area contributed by atoms with Gasteiger partial charge in [0.15, 0.2) is 24.8 Å². The molecule has 4 aliphatic rings. The number of aliphatic hydroxyl groups is 5. The molecule has 0 spiro atoms. The van der Waals surface area contributed by atoms with Crippen molar-refractivity contribution in [2.45, 2.75) is 185 Å². The number of carboxylic acid groups (broad SMARTS) is 1. The van der Waals surface area contributed by atoms with Crippen LogP contribution in [0.25, 0.3) is 10.8 Å². The molecule has 30 nitrogen and oxygen atoms in total. The minimum atomic E-state index is -5.30. The molecule has 3 heterocycles. The number of amides is 2. The number of nitrogens with one attached hydrogen (secondary N) is 2. The summed E-state index contributed by atoms with van der Waals surface area (Å²) in [4.78, 5) is 51.1. The number of aliphatic hydroxyl groups excluding tert-OH is 5. The van der Waals surface area contributed by atoms with Gasteiger partial charge in [0, 0.05) is 30.5 Å². The quantitative estimate of drug-likeness (QED) is 0.0265. The van der Waals surface area contributed by atoms with Crippen LogP contribution in [0, 0.1) is 17.8 Å². The average Bonchev–Trinajstić information content (AvgIpc) is 1.12. The topological polar surface area (TPSA) is 463 Å². The minimum Gasteiger partial charge on any atom is -0.479 e. The number of aliphatic carboxylic acids is 1. The second kappa shape index (κ2) is 28.4. The van der Waals surface area contributed by atoms with Crippen LogP contribution in [0.5, 0.6) is 0 Å². The molecule has 0 radical (unpaired) electrons. The monoisotopic (exact) mass is 1290 g/mol. The Morgan fingerprint density at radius 2 is 1.46 bits per heavy atom. The van der Waals surface area contributed by atoms with Gasteiger partial charge in [-0.15, -0.1) is 5.10 Å². The number of aryl methyl sites for hydroxylation is 2. The Bertz CT molecular complexity index is 3440. The van der Waals surface area contributed by atoms with Gasteiger partial charge in [0.2, 0.25) is 11.8 Å². The standard InChI is InChI=1S/C54H71N5O25S3/c1-27-18-32(50(66)55-16-9-14-33-25-59(58-57-33)17-15-41(61)56-36-23-34(85(70,71)72)20-31-21-35(86(73,74)75)24-40(42(31)36)87(76,77)78)22-37(47(27)84-53-46(65)45(64)43(62)28(2)79-53)81-54-49(83-52(69)30-12-7-4-8-13-30)48(44(63)39(26-60)82-54)80-38(51(67)68)19-29-10-5-3-6-11-29/h4,7-8,12-13,20-21,23-25,27-29,32,37-39,43-49,53-54,60,62-65H,3,5-6,9-11,14-19,22,26H2,1-2H3,(H,55,66)(H,56,61)(H,67,68)(H,70,71,72)(H,73,74,75)(H,76,77,78)/t27?,28?,32?,37?,38-,39?,43?,44?,45?,46?,47?,48?,49?,53?,54?/m0/s1. The number of rotatable bonds is 24. The summed E-state index contributed by atoms with van der Waals surface area (Å²) in [6, 6.07) is 10.1. The number of carbonyl (C=O) groups excluding carboxylic acids is 3.